The van der Waals surface area contributed by atoms with Crippen LogP contribution in [0.25, 0.3) is 6.08 Å². The third-order valence-electron chi connectivity index (χ3n) is 4.81. The van der Waals surface area contributed by atoms with Gasteiger partial charge in [-0.1, -0.05) is 35.9 Å². The zero-order chi connectivity index (χ0) is 19.2. The molecule has 0 radical (unpaired) electrons. The van der Waals surface area contributed by atoms with E-state index >= 15 is 0 Å². The Morgan fingerprint density at radius 2 is 1.85 bits per heavy atom. The van der Waals surface area contributed by atoms with E-state index in [0.29, 0.717) is 17.1 Å². The van der Waals surface area contributed by atoms with Gasteiger partial charge >= 0.3 is 5.97 Å². The van der Waals surface area contributed by atoms with Gasteiger partial charge in [-0.2, -0.15) is 0 Å². The zero-order valence-electron chi connectivity index (χ0n) is 15.2. The molecule has 0 bridgehead atoms. The van der Waals surface area contributed by atoms with Crippen LogP contribution in [0.2, 0.25) is 5.02 Å². The number of Topliss-reactive ketones (excluding diaryl/α,β-unsaturated/α-hetero) is 1. The van der Waals surface area contributed by atoms with E-state index in [1.807, 2.05) is 12.1 Å². The molecule has 140 valence electrons. The Morgan fingerprint density at radius 1 is 1.15 bits per heavy atom. The molecule has 5 heteroatoms. The minimum Gasteiger partial charge on any atom is -0.466 e. The lowest BCUT2D eigenvalue weighted by molar-refractivity contribution is -0.134. The van der Waals surface area contributed by atoms with E-state index in [1.54, 1.807) is 30.3 Å². The van der Waals surface area contributed by atoms with Gasteiger partial charge in [-0.15, -0.1) is 0 Å². The lowest BCUT2D eigenvalue weighted by Crippen LogP contribution is -2.29. The van der Waals surface area contributed by atoms with E-state index in [0.717, 1.165) is 24.9 Å². The lowest BCUT2D eigenvalue weighted by atomic mass is 10.0. The molecule has 0 saturated carbocycles. The summed E-state index contributed by atoms with van der Waals surface area (Å²) >= 11 is 5.90. The highest BCUT2D eigenvalue weighted by molar-refractivity contribution is 6.30. The molecule has 27 heavy (non-hydrogen) atoms. The highest BCUT2D eigenvalue weighted by Gasteiger charge is 2.27. The van der Waals surface area contributed by atoms with Crippen molar-refractivity contribution in [3.8, 4) is 0 Å². The molecule has 1 aliphatic rings. The van der Waals surface area contributed by atoms with Crippen molar-refractivity contribution in [3.63, 3.8) is 0 Å². The number of hydrogen-bond donors (Lipinski definition) is 0. The van der Waals surface area contributed by atoms with Gasteiger partial charge in [0, 0.05) is 22.7 Å². The summed E-state index contributed by atoms with van der Waals surface area (Å²) in [7, 11) is 1.36. The zero-order valence-corrected chi connectivity index (χ0v) is 16.0. The summed E-state index contributed by atoms with van der Waals surface area (Å²) in [6.45, 7) is 1.31. The summed E-state index contributed by atoms with van der Waals surface area (Å²) < 4.78 is 4.60. The van der Waals surface area contributed by atoms with Crippen molar-refractivity contribution in [2.75, 3.05) is 20.2 Å². The highest BCUT2D eigenvalue weighted by atomic mass is 35.5. The molecule has 0 spiro atoms. The first kappa shape index (κ1) is 19.3. The Morgan fingerprint density at radius 3 is 2.52 bits per heavy atom. The molecule has 4 nitrogen and oxygen atoms in total. The van der Waals surface area contributed by atoms with Gasteiger partial charge in [0.1, 0.15) is 0 Å². The summed E-state index contributed by atoms with van der Waals surface area (Å²) in [5, 5.41) is 0.631. The Bertz CT molecular complexity index is 828. The third-order valence-corrected chi connectivity index (χ3v) is 5.06. The van der Waals surface area contributed by atoms with E-state index in [4.69, 9.17) is 11.6 Å². The number of ether oxygens (including phenoxy) is 1. The number of ketones is 1. The fourth-order valence-electron chi connectivity index (χ4n) is 3.37. The first-order valence-corrected chi connectivity index (χ1v) is 9.33. The van der Waals surface area contributed by atoms with Crippen LogP contribution in [0, 0.1) is 0 Å². The van der Waals surface area contributed by atoms with Crippen LogP contribution in [0.3, 0.4) is 0 Å². The number of nitrogens with zero attached hydrogens (tertiary/aromatic N) is 1. The number of halogens is 1. The average molecular weight is 384 g/mol. The van der Waals surface area contributed by atoms with Crippen LogP contribution in [0.5, 0.6) is 0 Å². The van der Waals surface area contributed by atoms with Crippen LogP contribution in [0.4, 0.5) is 0 Å². The lowest BCUT2D eigenvalue weighted by Gasteiger charge is -2.24. The molecule has 0 aliphatic carbocycles. The Kier molecular flexibility index (Phi) is 6.43. The predicted octanol–water partition coefficient (Wildman–Crippen LogP) is 4.55. The van der Waals surface area contributed by atoms with Crippen molar-refractivity contribution in [1.82, 2.24) is 4.90 Å². The Hall–Kier alpha value is -2.43. The second-order valence-electron chi connectivity index (χ2n) is 6.58. The summed E-state index contributed by atoms with van der Waals surface area (Å²) in [4.78, 5) is 26.0. The van der Waals surface area contributed by atoms with Crippen LogP contribution in [0.1, 0.15) is 40.4 Å². The minimum atomic E-state index is -0.373. The molecule has 1 atom stereocenters. The maximum Gasteiger partial charge on any atom is 0.330 e. The SMILES string of the molecule is COC(=O)C=Cc1ccc(C2CCCN2CC(=O)c2ccc(Cl)cc2)cc1. The summed E-state index contributed by atoms with van der Waals surface area (Å²) in [6, 6.07) is 15.4. The quantitative estimate of drug-likeness (QED) is 0.417. The topological polar surface area (TPSA) is 46.6 Å². The number of benzene rings is 2. The molecule has 0 aromatic heterocycles. The minimum absolute atomic E-state index is 0.108. The summed E-state index contributed by atoms with van der Waals surface area (Å²) in [5.41, 5.74) is 2.81. The summed E-state index contributed by atoms with van der Waals surface area (Å²) in [5.74, 6) is -0.266. The van der Waals surface area contributed by atoms with Crippen molar-refractivity contribution >= 4 is 29.4 Å². The number of hydrogen-bond acceptors (Lipinski definition) is 4. The fourth-order valence-corrected chi connectivity index (χ4v) is 3.49. The number of carbonyl (C=O) groups is 2. The van der Waals surface area contributed by atoms with Gasteiger partial charge in [-0.3, -0.25) is 9.69 Å². The van der Waals surface area contributed by atoms with E-state index in [2.05, 4.69) is 21.8 Å². The second kappa shape index (κ2) is 8.98. The van der Waals surface area contributed by atoms with Crippen molar-refractivity contribution in [3.05, 3.63) is 76.3 Å². The van der Waals surface area contributed by atoms with E-state index < -0.39 is 0 Å². The Balaban J connectivity index is 1.67. The first-order valence-electron chi connectivity index (χ1n) is 8.95. The Labute approximate surface area is 164 Å². The predicted molar refractivity (Wildman–Crippen MR) is 107 cm³/mol. The number of methoxy groups -OCH3 is 1. The molecule has 0 N–H and O–H groups in total. The molecule has 2 aromatic rings. The molecule has 3 rings (SSSR count). The van der Waals surface area contributed by atoms with Crippen LogP contribution >= 0.6 is 11.6 Å². The number of carbonyl (C=O) groups excluding carboxylic acids is 2. The van der Waals surface area contributed by atoms with Gasteiger partial charge in [0.2, 0.25) is 0 Å². The largest absolute Gasteiger partial charge is 0.466 e. The molecule has 1 unspecified atom stereocenters. The van der Waals surface area contributed by atoms with Crippen LogP contribution in [-0.2, 0) is 9.53 Å². The number of rotatable bonds is 6. The smallest absolute Gasteiger partial charge is 0.330 e. The standard InChI is InChI=1S/C22H22ClNO3/c1-27-22(26)13-6-16-4-7-17(8-5-16)20-3-2-14-24(20)15-21(25)18-9-11-19(23)12-10-18/h4-13,20H,2-3,14-15H2,1H3. The van der Waals surface area contributed by atoms with Crippen molar-refractivity contribution in [1.29, 1.82) is 0 Å². The number of likely N-dealkylation sites (tertiary alicyclic amines) is 1. The second-order valence-corrected chi connectivity index (χ2v) is 7.02. The molecule has 1 aliphatic heterocycles. The van der Waals surface area contributed by atoms with Gasteiger partial charge < -0.3 is 4.74 Å². The molecule has 1 heterocycles. The first-order chi connectivity index (χ1) is 13.1. The summed E-state index contributed by atoms with van der Waals surface area (Å²) in [6.07, 6.45) is 5.24. The van der Waals surface area contributed by atoms with Crippen molar-refractivity contribution in [2.45, 2.75) is 18.9 Å². The van der Waals surface area contributed by atoms with Crippen LogP contribution in [0.15, 0.2) is 54.6 Å². The van der Waals surface area contributed by atoms with E-state index in [1.165, 1.54) is 18.7 Å². The average Bonchev–Trinajstić information content (AvgIpc) is 3.15. The fraction of sp³-hybridized carbons (Fsp3) is 0.273. The van der Waals surface area contributed by atoms with Gasteiger partial charge in [-0.25, -0.2) is 4.79 Å². The number of esters is 1. The molecule has 1 saturated heterocycles. The van der Waals surface area contributed by atoms with Gasteiger partial charge in [-0.05, 0) is 60.9 Å². The van der Waals surface area contributed by atoms with Crippen molar-refractivity contribution in [2.24, 2.45) is 0 Å². The molecule has 1 fully saturated rings. The monoisotopic (exact) mass is 383 g/mol. The van der Waals surface area contributed by atoms with Crippen LogP contribution < -0.4 is 0 Å². The van der Waals surface area contributed by atoms with Gasteiger partial charge in [0.05, 0.1) is 13.7 Å². The molecular weight excluding hydrogens is 362 g/mol. The third kappa shape index (κ3) is 5.06. The van der Waals surface area contributed by atoms with E-state index in [-0.39, 0.29) is 17.8 Å². The maximum absolute atomic E-state index is 12.6. The molecule has 0 amide bonds. The van der Waals surface area contributed by atoms with Crippen LogP contribution in [-0.4, -0.2) is 36.9 Å². The maximum atomic E-state index is 12.6. The highest BCUT2D eigenvalue weighted by Crippen LogP contribution is 2.32. The normalized spacial score (nSPS) is 17.3. The molecule has 2 aromatic carbocycles. The van der Waals surface area contributed by atoms with Gasteiger partial charge in [0.25, 0.3) is 0 Å². The van der Waals surface area contributed by atoms with Crippen molar-refractivity contribution < 1.29 is 14.3 Å². The van der Waals surface area contributed by atoms with Gasteiger partial charge in [0.15, 0.2) is 5.78 Å². The van der Waals surface area contributed by atoms with E-state index in [9.17, 15) is 9.59 Å². The molecular formula is C22H22ClNO3.